The Morgan fingerprint density at radius 3 is 2.27 bits per heavy atom. The molecule has 7 nitrogen and oxygen atoms in total. The van der Waals surface area contributed by atoms with Crippen LogP contribution in [0.15, 0.2) is 28.8 Å². The molecule has 1 aliphatic heterocycles. The van der Waals surface area contributed by atoms with Crippen molar-refractivity contribution in [1.82, 2.24) is 5.16 Å². The summed E-state index contributed by atoms with van der Waals surface area (Å²) in [6, 6.07) is 7.63. The Kier molecular flexibility index (Phi) is 4.58. The monoisotopic (exact) mass is 358 g/mol. The maximum atomic E-state index is 10.9. The van der Waals surface area contributed by atoms with Crippen molar-refractivity contribution in [3.8, 4) is 11.3 Å². The van der Waals surface area contributed by atoms with Crippen LogP contribution >= 0.6 is 0 Å². The van der Waals surface area contributed by atoms with Gasteiger partial charge in [0.2, 0.25) is 0 Å². The molecule has 0 saturated carbocycles. The molecule has 1 amide bonds. The molecule has 0 spiro atoms. The lowest BCUT2D eigenvalue weighted by molar-refractivity contribution is 0.00578. The molecule has 1 fully saturated rings. The SMILES string of the molecule is Cc1noc(-c2ccc(CB3OC(C)(C)C(C)(C)O3)cc2)c1NC(=O)O. The molecule has 1 aromatic carbocycles. The average molecular weight is 358 g/mol. The van der Waals surface area contributed by atoms with Crippen LogP contribution in [-0.2, 0) is 15.6 Å². The van der Waals surface area contributed by atoms with Gasteiger partial charge in [-0.15, -0.1) is 0 Å². The third kappa shape index (κ3) is 3.47. The van der Waals surface area contributed by atoms with Gasteiger partial charge in [0, 0.05) is 11.9 Å². The molecule has 3 rings (SSSR count). The summed E-state index contributed by atoms with van der Waals surface area (Å²) < 4.78 is 17.3. The van der Waals surface area contributed by atoms with Gasteiger partial charge in [-0.2, -0.15) is 0 Å². The lowest BCUT2D eigenvalue weighted by Gasteiger charge is -2.32. The van der Waals surface area contributed by atoms with E-state index in [9.17, 15) is 4.79 Å². The first kappa shape index (κ1) is 18.5. The van der Waals surface area contributed by atoms with Gasteiger partial charge in [-0.25, -0.2) is 4.79 Å². The number of rotatable bonds is 4. The van der Waals surface area contributed by atoms with E-state index >= 15 is 0 Å². The Labute approximate surface area is 152 Å². The zero-order chi connectivity index (χ0) is 19.1. The van der Waals surface area contributed by atoms with Crippen LogP contribution in [0.2, 0.25) is 0 Å². The fourth-order valence-electron chi connectivity index (χ4n) is 2.85. The highest BCUT2D eigenvalue weighted by molar-refractivity contribution is 6.45. The molecule has 0 radical (unpaired) electrons. The zero-order valence-corrected chi connectivity index (χ0v) is 15.6. The summed E-state index contributed by atoms with van der Waals surface area (Å²) >= 11 is 0. The fraction of sp³-hybridized carbons (Fsp3) is 0.444. The normalized spacial score (nSPS) is 18.1. The summed E-state index contributed by atoms with van der Waals surface area (Å²) in [5, 5.41) is 15.1. The number of nitrogens with one attached hydrogen (secondary N) is 1. The van der Waals surface area contributed by atoms with Gasteiger partial charge in [-0.05, 0) is 40.2 Å². The molecule has 1 saturated heterocycles. The molecule has 0 aliphatic carbocycles. The van der Waals surface area contributed by atoms with Crippen molar-refractivity contribution in [3.63, 3.8) is 0 Å². The minimum atomic E-state index is -1.16. The predicted octanol–water partition coefficient (Wildman–Crippen LogP) is 3.91. The van der Waals surface area contributed by atoms with Gasteiger partial charge in [0.1, 0.15) is 11.4 Å². The first-order valence-corrected chi connectivity index (χ1v) is 8.50. The van der Waals surface area contributed by atoms with Gasteiger partial charge in [-0.3, -0.25) is 5.32 Å². The van der Waals surface area contributed by atoms with Crippen LogP contribution in [0.4, 0.5) is 10.5 Å². The standard InChI is InChI=1S/C18H23BN2O5/c1-11-14(20-16(22)23)15(24-21-11)13-8-6-12(7-9-13)10-19-25-17(2,3)18(4,5)26-19/h6-9,20H,10H2,1-5H3,(H,22,23). The predicted molar refractivity (Wildman–Crippen MR) is 98.1 cm³/mol. The molecule has 8 heteroatoms. The van der Waals surface area contributed by atoms with Gasteiger partial charge in [0.05, 0.1) is 11.2 Å². The highest BCUT2D eigenvalue weighted by atomic mass is 16.7. The number of nitrogens with zero attached hydrogens (tertiary/aromatic N) is 1. The first-order chi connectivity index (χ1) is 12.1. The van der Waals surface area contributed by atoms with Crippen LogP contribution in [0.5, 0.6) is 0 Å². The maximum Gasteiger partial charge on any atom is 0.462 e. The maximum absolute atomic E-state index is 10.9. The van der Waals surface area contributed by atoms with E-state index in [1.54, 1.807) is 6.92 Å². The second-order valence-electron chi connectivity index (χ2n) is 7.49. The Morgan fingerprint density at radius 2 is 1.73 bits per heavy atom. The van der Waals surface area contributed by atoms with Crippen molar-refractivity contribution in [2.24, 2.45) is 0 Å². The molecule has 0 bridgehead atoms. The molecule has 2 N–H and O–H groups in total. The summed E-state index contributed by atoms with van der Waals surface area (Å²) in [4.78, 5) is 10.9. The van der Waals surface area contributed by atoms with Gasteiger partial charge in [0.25, 0.3) is 0 Å². The number of aryl methyl sites for hydroxylation is 1. The molecule has 26 heavy (non-hydrogen) atoms. The molecular weight excluding hydrogens is 335 g/mol. The Hall–Kier alpha value is -2.32. The molecule has 2 heterocycles. The highest BCUT2D eigenvalue weighted by Gasteiger charge is 2.50. The molecule has 1 aromatic heterocycles. The smallest absolute Gasteiger partial charge is 0.462 e. The minimum Gasteiger partial charge on any atom is -0.465 e. The van der Waals surface area contributed by atoms with E-state index in [0.717, 1.165) is 11.1 Å². The van der Waals surface area contributed by atoms with Crippen molar-refractivity contribution in [3.05, 3.63) is 35.5 Å². The van der Waals surface area contributed by atoms with E-state index < -0.39 is 6.09 Å². The van der Waals surface area contributed by atoms with E-state index in [-0.39, 0.29) is 18.3 Å². The van der Waals surface area contributed by atoms with E-state index in [1.807, 2.05) is 52.0 Å². The number of carbonyl (C=O) groups is 1. The summed E-state index contributed by atoms with van der Waals surface area (Å²) in [5.41, 5.74) is 1.93. The minimum absolute atomic E-state index is 0.303. The van der Waals surface area contributed by atoms with Gasteiger partial charge < -0.3 is 18.9 Å². The molecule has 0 atom stereocenters. The Morgan fingerprint density at radius 1 is 1.15 bits per heavy atom. The summed E-state index contributed by atoms with van der Waals surface area (Å²) in [5.74, 6) is 0.395. The lowest BCUT2D eigenvalue weighted by Crippen LogP contribution is -2.41. The number of anilines is 1. The van der Waals surface area contributed by atoms with Crippen LogP contribution in [0.25, 0.3) is 11.3 Å². The molecule has 0 unspecified atom stereocenters. The van der Waals surface area contributed by atoms with E-state index in [4.69, 9.17) is 18.9 Å². The third-order valence-electron chi connectivity index (χ3n) is 5.02. The number of hydrogen-bond acceptors (Lipinski definition) is 5. The quantitative estimate of drug-likeness (QED) is 0.805. The van der Waals surface area contributed by atoms with E-state index in [1.165, 1.54) is 0 Å². The van der Waals surface area contributed by atoms with Gasteiger partial charge >= 0.3 is 13.2 Å². The van der Waals surface area contributed by atoms with E-state index in [2.05, 4.69) is 10.5 Å². The van der Waals surface area contributed by atoms with Crippen molar-refractivity contribution >= 4 is 18.9 Å². The first-order valence-electron chi connectivity index (χ1n) is 8.50. The molecule has 1 aliphatic rings. The highest BCUT2D eigenvalue weighted by Crippen LogP contribution is 2.37. The summed E-state index contributed by atoms with van der Waals surface area (Å²) in [7, 11) is -0.303. The topological polar surface area (TPSA) is 93.8 Å². The van der Waals surface area contributed by atoms with Crippen LogP contribution in [0.1, 0.15) is 39.0 Å². The van der Waals surface area contributed by atoms with E-state index in [0.29, 0.717) is 23.5 Å². The van der Waals surface area contributed by atoms with Crippen molar-refractivity contribution in [1.29, 1.82) is 0 Å². The second kappa shape index (κ2) is 6.44. The fourth-order valence-corrected chi connectivity index (χ4v) is 2.85. The number of amides is 1. The summed E-state index contributed by atoms with van der Waals surface area (Å²) in [6.07, 6.45) is -0.530. The van der Waals surface area contributed by atoms with Gasteiger partial charge in [-0.1, -0.05) is 29.4 Å². The third-order valence-corrected chi connectivity index (χ3v) is 5.02. The van der Waals surface area contributed by atoms with Crippen LogP contribution in [-0.4, -0.2) is 34.7 Å². The number of benzene rings is 1. The van der Waals surface area contributed by atoms with Crippen molar-refractivity contribution in [2.45, 2.75) is 52.1 Å². The Bertz CT molecular complexity index is 797. The lowest BCUT2D eigenvalue weighted by atomic mass is 9.80. The van der Waals surface area contributed by atoms with Crippen molar-refractivity contribution in [2.75, 3.05) is 5.32 Å². The molecular formula is C18H23BN2O5. The largest absolute Gasteiger partial charge is 0.465 e. The number of aromatic nitrogens is 1. The van der Waals surface area contributed by atoms with Crippen molar-refractivity contribution < 1.29 is 23.7 Å². The molecule has 138 valence electrons. The van der Waals surface area contributed by atoms with Crippen LogP contribution < -0.4 is 5.32 Å². The zero-order valence-electron chi connectivity index (χ0n) is 15.6. The molecule has 2 aromatic rings. The Balaban J connectivity index is 1.75. The van der Waals surface area contributed by atoms with Crippen LogP contribution in [0, 0.1) is 6.92 Å². The second-order valence-corrected chi connectivity index (χ2v) is 7.49. The van der Waals surface area contributed by atoms with Crippen LogP contribution in [0.3, 0.4) is 0 Å². The van der Waals surface area contributed by atoms with Gasteiger partial charge in [0.15, 0.2) is 5.76 Å². The average Bonchev–Trinajstić information content (AvgIpc) is 2.96. The number of hydrogen-bond donors (Lipinski definition) is 2. The summed E-state index contributed by atoms with van der Waals surface area (Å²) in [6.45, 7) is 9.79. The number of carboxylic acid groups (broad SMARTS) is 1.